The van der Waals surface area contributed by atoms with Crippen LogP contribution in [0.2, 0.25) is 0 Å². The van der Waals surface area contributed by atoms with E-state index in [2.05, 4.69) is 36.2 Å². The Bertz CT molecular complexity index is 501. The molecule has 1 heterocycles. The molecule has 0 bridgehead atoms. The van der Waals surface area contributed by atoms with E-state index in [4.69, 9.17) is 5.73 Å². The topological polar surface area (TPSA) is 38.9 Å². The van der Waals surface area contributed by atoms with Crippen LogP contribution < -0.4 is 5.73 Å². The van der Waals surface area contributed by atoms with Crippen LogP contribution in [0.5, 0.6) is 0 Å². The molecular formula is C15H18N2. The Morgan fingerprint density at radius 1 is 1.18 bits per heavy atom. The van der Waals surface area contributed by atoms with Crippen molar-refractivity contribution in [2.24, 2.45) is 0 Å². The molecule has 2 aromatic rings. The predicted molar refractivity (Wildman–Crippen MR) is 72.8 cm³/mol. The van der Waals surface area contributed by atoms with Crippen LogP contribution in [0.3, 0.4) is 0 Å². The van der Waals surface area contributed by atoms with Gasteiger partial charge in [-0.25, -0.2) is 0 Å². The van der Waals surface area contributed by atoms with Crippen LogP contribution in [0.1, 0.15) is 24.5 Å². The van der Waals surface area contributed by atoms with Gasteiger partial charge in [-0.3, -0.25) is 4.98 Å². The number of benzene rings is 1. The molecular weight excluding hydrogens is 208 g/mol. The fraction of sp³-hybridized carbons (Fsp3) is 0.267. The predicted octanol–water partition coefficient (Wildman–Crippen LogP) is 3.59. The molecule has 0 radical (unpaired) electrons. The molecule has 0 unspecified atom stereocenters. The van der Waals surface area contributed by atoms with E-state index >= 15 is 0 Å². The lowest BCUT2D eigenvalue weighted by molar-refractivity contribution is 0.922. The minimum absolute atomic E-state index is 0.744. The van der Waals surface area contributed by atoms with Crippen molar-refractivity contribution in [1.29, 1.82) is 0 Å². The van der Waals surface area contributed by atoms with Crippen LogP contribution in [-0.4, -0.2) is 4.98 Å². The van der Waals surface area contributed by atoms with E-state index in [-0.39, 0.29) is 0 Å². The molecule has 0 fully saturated rings. The summed E-state index contributed by atoms with van der Waals surface area (Å²) in [5.41, 5.74) is 11.1. The smallest absolute Gasteiger partial charge is 0.0931 e. The maximum Gasteiger partial charge on any atom is 0.0931 e. The van der Waals surface area contributed by atoms with Gasteiger partial charge in [-0.1, -0.05) is 37.6 Å². The molecule has 17 heavy (non-hydrogen) atoms. The number of hydrogen-bond acceptors (Lipinski definition) is 2. The van der Waals surface area contributed by atoms with Crippen molar-refractivity contribution in [2.45, 2.75) is 26.7 Å². The van der Waals surface area contributed by atoms with E-state index in [1.165, 1.54) is 12.0 Å². The highest BCUT2D eigenvalue weighted by atomic mass is 14.7. The zero-order valence-electron chi connectivity index (χ0n) is 10.4. The molecule has 0 aliphatic carbocycles. The third kappa shape index (κ3) is 2.64. The van der Waals surface area contributed by atoms with Crippen molar-refractivity contribution in [1.82, 2.24) is 4.98 Å². The molecule has 0 saturated carbocycles. The van der Waals surface area contributed by atoms with Crippen molar-refractivity contribution in [2.75, 3.05) is 5.73 Å². The summed E-state index contributed by atoms with van der Waals surface area (Å²) in [6.45, 7) is 4.19. The number of hydrogen-bond donors (Lipinski definition) is 1. The molecule has 1 aromatic heterocycles. The largest absolute Gasteiger partial charge is 0.397 e. The Labute approximate surface area is 103 Å². The van der Waals surface area contributed by atoms with E-state index in [1.807, 2.05) is 19.2 Å². The third-order valence-electron chi connectivity index (χ3n) is 2.82. The first-order valence-electron chi connectivity index (χ1n) is 6.02. The molecule has 0 spiro atoms. The molecule has 88 valence electrons. The van der Waals surface area contributed by atoms with Crippen LogP contribution in [0, 0.1) is 6.92 Å². The highest BCUT2D eigenvalue weighted by Gasteiger charge is 2.04. The first kappa shape index (κ1) is 11.6. The summed E-state index contributed by atoms with van der Waals surface area (Å²) < 4.78 is 0. The Morgan fingerprint density at radius 3 is 2.47 bits per heavy atom. The molecule has 1 aromatic carbocycles. The van der Waals surface area contributed by atoms with Gasteiger partial charge in [-0.2, -0.15) is 0 Å². The Hall–Kier alpha value is -1.83. The van der Waals surface area contributed by atoms with E-state index < -0.39 is 0 Å². The number of nitrogens with two attached hydrogens (primary N) is 1. The second-order valence-electron chi connectivity index (χ2n) is 4.40. The fourth-order valence-corrected chi connectivity index (χ4v) is 1.95. The third-order valence-corrected chi connectivity index (χ3v) is 2.82. The Balaban J connectivity index is 2.33. The van der Waals surface area contributed by atoms with E-state index in [9.17, 15) is 0 Å². The van der Waals surface area contributed by atoms with E-state index in [0.29, 0.717) is 0 Å². The summed E-state index contributed by atoms with van der Waals surface area (Å²) in [5, 5.41) is 0. The first-order chi connectivity index (χ1) is 8.20. The molecule has 0 aliphatic rings. The molecule has 2 N–H and O–H groups in total. The summed E-state index contributed by atoms with van der Waals surface area (Å²) in [6, 6.07) is 10.5. The minimum atomic E-state index is 0.744. The summed E-state index contributed by atoms with van der Waals surface area (Å²) in [6.07, 6.45) is 4.15. The van der Waals surface area contributed by atoms with Gasteiger partial charge in [0, 0.05) is 11.8 Å². The number of rotatable bonds is 3. The molecule has 0 aliphatic heterocycles. The van der Waals surface area contributed by atoms with Gasteiger partial charge in [-0.15, -0.1) is 0 Å². The van der Waals surface area contributed by atoms with Crippen molar-refractivity contribution in [3.8, 4) is 11.3 Å². The maximum atomic E-state index is 5.99. The van der Waals surface area contributed by atoms with Gasteiger partial charge in [0.15, 0.2) is 0 Å². The minimum Gasteiger partial charge on any atom is -0.397 e. The lowest BCUT2D eigenvalue weighted by atomic mass is 10.0. The average molecular weight is 226 g/mol. The number of aryl methyl sites for hydroxylation is 2. The second-order valence-corrected chi connectivity index (χ2v) is 4.40. The van der Waals surface area contributed by atoms with E-state index in [1.54, 1.807) is 0 Å². The van der Waals surface area contributed by atoms with Crippen LogP contribution in [-0.2, 0) is 6.42 Å². The second kappa shape index (κ2) is 5.00. The zero-order valence-corrected chi connectivity index (χ0v) is 10.4. The molecule has 0 amide bonds. The van der Waals surface area contributed by atoms with Crippen LogP contribution >= 0.6 is 0 Å². The fourth-order valence-electron chi connectivity index (χ4n) is 1.95. The van der Waals surface area contributed by atoms with Crippen LogP contribution in [0.15, 0.2) is 36.5 Å². The number of anilines is 1. The lowest BCUT2D eigenvalue weighted by Gasteiger charge is -2.06. The van der Waals surface area contributed by atoms with Crippen molar-refractivity contribution < 1.29 is 0 Å². The van der Waals surface area contributed by atoms with Gasteiger partial charge in [0.1, 0.15) is 0 Å². The normalized spacial score (nSPS) is 10.5. The summed E-state index contributed by atoms with van der Waals surface area (Å²) in [5.74, 6) is 0. The van der Waals surface area contributed by atoms with Gasteiger partial charge in [0.2, 0.25) is 0 Å². The molecule has 0 saturated heterocycles. The van der Waals surface area contributed by atoms with Gasteiger partial charge in [0.05, 0.1) is 11.4 Å². The quantitative estimate of drug-likeness (QED) is 0.868. The first-order valence-corrected chi connectivity index (χ1v) is 6.02. The summed E-state index contributed by atoms with van der Waals surface area (Å²) in [4.78, 5) is 4.40. The van der Waals surface area contributed by atoms with Gasteiger partial charge >= 0.3 is 0 Å². The van der Waals surface area contributed by atoms with Gasteiger partial charge < -0.3 is 5.73 Å². The maximum absolute atomic E-state index is 5.99. The molecule has 2 nitrogen and oxygen atoms in total. The summed E-state index contributed by atoms with van der Waals surface area (Å²) in [7, 11) is 0. The molecule has 2 heteroatoms. The van der Waals surface area contributed by atoms with Crippen LogP contribution in [0.4, 0.5) is 5.69 Å². The average Bonchev–Trinajstić information content (AvgIpc) is 2.31. The SMILES string of the molecule is CCCc1ccc(-c2ncc(C)cc2N)cc1. The number of aromatic nitrogens is 1. The Morgan fingerprint density at radius 2 is 1.88 bits per heavy atom. The summed E-state index contributed by atoms with van der Waals surface area (Å²) >= 11 is 0. The molecule has 2 rings (SSSR count). The van der Waals surface area contributed by atoms with E-state index in [0.717, 1.165) is 28.9 Å². The highest BCUT2D eigenvalue weighted by Crippen LogP contribution is 2.24. The number of nitrogens with zero attached hydrogens (tertiary/aromatic N) is 1. The van der Waals surface area contributed by atoms with Crippen molar-refractivity contribution in [3.63, 3.8) is 0 Å². The zero-order chi connectivity index (χ0) is 12.3. The molecule has 0 atom stereocenters. The standard InChI is InChI=1S/C15H18N2/c1-3-4-12-5-7-13(8-6-12)15-14(16)9-11(2)10-17-15/h5-10H,3-4,16H2,1-2H3. The monoisotopic (exact) mass is 226 g/mol. The lowest BCUT2D eigenvalue weighted by Crippen LogP contribution is -1.94. The highest BCUT2D eigenvalue weighted by molar-refractivity contribution is 5.72. The van der Waals surface area contributed by atoms with Gasteiger partial charge in [0.25, 0.3) is 0 Å². The van der Waals surface area contributed by atoms with Crippen molar-refractivity contribution in [3.05, 3.63) is 47.7 Å². The van der Waals surface area contributed by atoms with Crippen LogP contribution in [0.25, 0.3) is 11.3 Å². The van der Waals surface area contributed by atoms with Gasteiger partial charge in [-0.05, 0) is 30.5 Å². The van der Waals surface area contributed by atoms with Crippen molar-refractivity contribution >= 4 is 5.69 Å². The number of pyridine rings is 1. The Kier molecular flexibility index (Phi) is 3.43. The number of nitrogen functional groups attached to an aromatic ring is 1.